The molecule has 3 nitrogen and oxygen atoms in total. The van der Waals surface area contributed by atoms with E-state index < -0.39 is 5.82 Å². The van der Waals surface area contributed by atoms with E-state index in [9.17, 15) is 9.18 Å². The van der Waals surface area contributed by atoms with Crippen LogP contribution in [0.5, 0.6) is 0 Å². The van der Waals surface area contributed by atoms with E-state index in [0.717, 1.165) is 0 Å². The Morgan fingerprint density at radius 3 is 2.83 bits per heavy atom. The fourth-order valence-corrected chi connectivity index (χ4v) is 3.68. The Morgan fingerprint density at radius 1 is 1.39 bits per heavy atom. The van der Waals surface area contributed by atoms with E-state index in [0.29, 0.717) is 32.9 Å². The van der Waals surface area contributed by atoms with Crippen molar-refractivity contribution in [2.45, 2.75) is 6.92 Å². The molecule has 3 rings (SSSR count). The minimum absolute atomic E-state index is 0.0317. The van der Waals surface area contributed by atoms with Gasteiger partial charge in [0, 0.05) is 18.2 Å². The highest BCUT2D eigenvalue weighted by atomic mass is 35.5. The first kappa shape index (κ1) is 16.2. The molecule has 2 aromatic rings. The van der Waals surface area contributed by atoms with Crippen LogP contribution in [0.25, 0.3) is 17.4 Å². The molecule has 0 spiro atoms. The van der Waals surface area contributed by atoms with Crippen molar-refractivity contribution in [2.75, 3.05) is 6.54 Å². The van der Waals surface area contributed by atoms with Crippen LogP contribution in [0.4, 0.5) is 4.39 Å². The average molecular weight is 368 g/mol. The van der Waals surface area contributed by atoms with Crippen molar-refractivity contribution in [3.8, 4) is 11.3 Å². The molecule has 1 amide bonds. The normalized spacial score (nSPS) is 16.7. The third-order valence-electron chi connectivity index (χ3n) is 3.29. The quantitative estimate of drug-likeness (QED) is 0.567. The molecular formula is C16H11ClFNO2S2. The molecule has 1 aliphatic heterocycles. The number of benzene rings is 1. The zero-order valence-electron chi connectivity index (χ0n) is 12.0. The second-order valence-electron chi connectivity index (χ2n) is 4.76. The summed E-state index contributed by atoms with van der Waals surface area (Å²) in [5, 5.41) is 0.0317. The van der Waals surface area contributed by atoms with E-state index in [1.54, 1.807) is 24.3 Å². The van der Waals surface area contributed by atoms with Crippen LogP contribution in [0, 0.1) is 5.82 Å². The Morgan fingerprint density at radius 2 is 2.17 bits per heavy atom. The van der Waals surface area contributed by atoms with Gasteiger partial charge < -0.3 is 4.42 Å². The topological polar surface area (TPSA) is 33.5 Å². The van der Waals surface area contributed by atoms with Gasteiger partial charge >= 0.3 is 0 Å². The molecule has 0 saturated carbocycles. The zero-order valence-corrected chi connectivity index (χ0v) is 14.4. The van der Waals surface area contributed by atoms with Crippen molar-refractivity contribution < 1.29 is 13.6 Å². The van der Waals surface area contributed by atoms with Crippen LogP contribution in [0.3, 0.4) is 0 Å². The van der Waals surface area contributed by atoms with Gasteiger partial charge in [0.2, 0.25) is 0 Å². The van der Waals surface area contributed by atoms with Crippen molar-refractivity contribution in [2.24, 2.45) is 0 Å². The van der Waals surface area contributed by atoms with Gasteiger partial charge in [-0.1, -0.05) is 35.6 Å². The van der Waals surface area contributed by atoms with Crippen LogP contribution in [-0.4, -0.2) is 21.7 Å². The number of rotatable bonds is 3. The van der Waals surface area contributed by atoms with Crippen molar-refractivity contribution in [1.82, 2.24) is 4.90 Å². The predicted octanol–water partition coefficient (Wildman–Crippen LogP) is 4.96. The van der Waals surface area contributed by atoms with Gasteiger partial charge in [-0.05, 0) is 37.3 Å². The highest BCUT2D eigenvalue weighted by molar-refractivity contribution is 8.26. The lowest BCUT2D eigenvalue weighted by Crippen LogP contribution is -2.27. The predicted molar refractivity (Wildman–Crippen MR) is 94.7 cm³/mol. The molecule has 2 heterocycles. The van der Waals surface area contributed by atoms with Gasteiger partial charge in [-0.25, -0.2) is 4.39 Å². The number of halogens is 2. The molecule has 0 bridgehead atoms. The fraction of sp³-hybridized carbons (Fsp3) is 0.125. The van der Waals surface area contributed by atoms with Gasteiger partial charge in [-0.15, -0.1) is 0 Å². The number of likely N-dealkylation sites (N-methyl/N-ethyl adjacent to an activating group) is 1. The molecule has 0 aliphatic carbocycles. The number of furan rings is 1. The second kappa shape index (κ2) is 6.47. The Kier molecular flexibility index (Phi) is 4.57. The SMILES string of the molecule is CCN1C(=O)/C(=C\c2ccc(-c3ccc(F)c(Cl)c3)o2)SC1=S. The first-order valence-corrected chi connectivity index (χ1v) is 8.40. The van der Waals surface area contributed by atoms with Crippen LogP contribution in [-0.2, 0) is 4.79 Å². The van der Waals surface area contributed by atoms with Crippen molar-refractivity contribution >= 4 is 51.9 Å². The molecule has 1 aromatic heterocycles. The van der Waals surface area contributed by atoms with Crippen molar-refractivity contribution in [3.63, 3.8) is 0 Å². The van der Waals surface area contributed by atoms with Gasteiger partial charge in [0.1, 0.15) is 21.7 Å². The molecule has 1 aromatic carbocycles. The summed E-state index contributed by atoms with van der Waals surface area (Å²) in [6, 6.07) is 7.85. The summed E-state index contributed by atoms with van der Waals surface area (Å²) in [6.07, 6.45) is 1.66. The third kappa shape index (κ3) is 3.20. The molecule has 1 aliphatic rings. The number of hydrogen-bond donors (Lipinski definition) is 0. The van der Waals surface area contributed by atoms with E-state index in [-0.39, 0.29) is 10.9 Å². The summed E-state index contributed by atoms with van der Waals surface area (Å²) in [5.74, 6) is 0.469. The van der Waals surface area contributed by atoms with E-state index in [1.807, 2.05) is 6.92 Å². The molecule has 0 N–H and O–H groups in total. The maximum atomic E-state index is 13.2. The van der Waals surface area contributed by atoms with Gasteiger partial charge in [0.05, 0.1) is 9.93 Å². The van der Waals surface area contributed by atoms with Crippen LogP contribution in [0.2, 0.25) is 5.02 Å². The molecular weight excluding hydrogens is 357 g/mol. The minimum Gasteiger partial charge on any atom is -0.457 e. The lowest BCUT2D eigenvalue weighted by Gasteiger charge is -2.09. The lowest BCUT2D eigenvalue weighted by atomic mass is 10.2. The molecule has 118 valence electrons. The lowest BCUT2D eigenvalue weighted by molar-refractivity contribution is -0.121. The summed E-state index contributed by atoms with van der Waals surface area (Å²) >= 11 is 12.2. The van der Waals surface area contributed by atoms with Crippen LogP contribution >= 0.6 is 35.6 Å². The molecule has 1 fully saturated rings. The number of hydrogen-bond acceptors (Lipinski definition) is 4. The Labute approximate surface area is 147 Å². The largest absolute Gasteiger partial charge is 0.457 e. The Hall–Kier alpha value is -1.63. The molecule has 23 heavy (non-hydrogen) atoms. The zero-order chi connectivity index (χ0) is 16.6. The van der Waals surface area contributed by atoms with Gasteiger partial charge in [-0.2, -0.15) is 0 Å². The summed E-state index contributed by atoms with van der Waals surface area (Å²) in [6.45, 7) is 2.41. The number of thiocarbonyl (C=S) groups is 1. The fourth-order valence-electron chi connectivity index (χ4n) is 2.14. The number of carbonyl (C=O) groups is 1. The summed E-state index contributed by atoms with van der Waals surface area (Å²) in [7, 11) is 0. The van der Waals surface area contributed by atoms with Gasteiger partial charge in [-0.3, -0.25) is 9.69 Å². The summed E-state index contributed by atoms with van der Waals surface area (Å²) in [5.41, 5.74) is 0.664. The van der Waals surface area contributed by atoms with E-state index in [4.69, 9.17) is 28.2 Å². The first-order chi connectivity index (χ1) is 11.0. The van der Waals surface area contributed by atoms with Crippen LogP contribution in [0.15, 0.2) is 39.7 Å². The molecule has 0 atom stereocenters. The van der Waals surface area contributed by atoms with Gasteiger partial charge in [0.25, 0.3) is 5.91 Å². The van der Waals surface area contributed by atoms with Crippen molar-refractivity contribution in [3.05, 3.63) is 51.8 Å². The van der Waals surface area contributed by atoms with Crippen LogP contribution in [0.1, 0.15) is 12.7 Å². The first-order valence-electron chi connectivity index (χ1n) is 6.80. The molecule has 7 heteroatoms. The average Bonchev–Trinajstić information content (AvgIpc) is 3.08. The highest BCUT2D eigenvalue weighted by Gasteiger charge is 2.30. The monoisotopic (exact) mass is 367 g/mol. The maximum absolute atomic E-state index is 13.2. The van der Waals surface area contributed by atoms with E-state index in [1.165, 1.54) is 28.8 Å². The number of thioether (sulfide) groups is 1. The van der Waals surface area contributed by atoms with Gasteiger partial charge in [0.15, 0.2) is 0 Å². The molecule has 0 radical (unpaired) electrons. The van der Waals surface area contributed by atoms with Crippen molar-refractivity contribution in [1.29, 1.82) is 0 Å². The molecule has 1 saturated heterocycles. The summed E-state index contributed by atoms with van der Waals surface area (Å²) < 4.78 is 19.4. The number of amides is 1. The number of nitrogens with zero attached hydrogens (tertiary/aromatic N) is 1. The maximum Gasteiger partial charge on any atom is 0.266 e. The summed E-state index contributed by atoms with van der Waals surface area (Å²) in [4.78, 5) is 14.2. The number of carbonyl (C=O) groups excluding carboxylic acids is 1. The van der Waals surface area contributed by atoms with E-state index in [2.05, 4.69) is 0 Å². The van der Waals surface area contributed by atoms with E-state index >= 15 is 0 Å². The second-order valence-corrected chi connectivity index (χ2v) is 6.84. The molecule has 0 unspecified atom stereocenters. The van der Waals surface area contributed by atoms with Crippen LogP contribution < -0.4 is 0 Å². The minimum atomic E-state index is -0.481. The standard InChI is InChI=1S/C16H11ClFNO2S2/c1-2-19-15(20)14(23-16(19)22)8-10-4-6-13(21-10)9-3-5-12(18)11(17)7-9/h3-8H,2H2,1H3/b14-8+. The Bertz CT molecular complexity index is 831. The highest BCUT2D eigenvalue weighted by Crippen LogP contribution is 2.33. The Balaban J connectivity index is 1.88. The third-order valence-corrected chi connectivity index (χ3v) is 4.96. The smallest absolute Gasteiger partial charge is 0.266 e.